The maximum atomic E-state index is 11.8. The van der Waals surface area contributed by atoms with Gasteiger partial charge in [0.1, 0.15) is 5.75 Å². The fraction of sp³-hybridized carbons (Fsp3) is 0.632. The summed E-state index contributed by atoms with van der Waals surface area (Å²) in [5.41, 5.74) is 6.85. The highest BCUT2D eigenvalue weighted by Gasteiger charge is 2.31. The van der Waals surface area contributed by atoms with Crippen molar-refractivity contribution in [2.75, 3.05) is 30.8 Å². The van der Waals surface area contributed by atoms with Crippen molar-refractivity contribution in [3.8, 4) is 5.75 Å². The molecule has 0 saturated carbocycles. The summed E-state index contributed by atoms with van der Waals surface area (Å²) in [6.07, 6.45) is 0. The fourth-order valence-corrected chi connectivity index (χ4v) is 2.62. The van der Waals surface area contributed by atoms with E-state index in [-0.39, 0.29) is 0 Å². The molecule has 5 heteroatoms. The van der Waals surface area contributed by atoms with Crippen LogP contribution in [0.4, 0.5) is 11.4 Å². The molecule has 0 spiro atoms. The van der Waals surface area contributed by atoms with Crippen LogP contribution in [0.5, 0.6) is 5.75 Å². The van der Waals surface area contributed by atoms with Crippen LogP contribution in [0.3, 0.4) is 0 Å². The van der Waals surface area contributed by atoms with Gasteiger partial charge in [-0.05, 0) is 37.8 Å². The zero-order valence-corrected chi connectivity index (χ0v) is 16.1. The minimum absolute atomic E-state index is 0.425. The van der Waals surface area contributed by atoms with Gasteiger partial charge in [-0.1, -0.05) is 27.7 Å². The summed E-state index contributed by atoms with van der Waals surface area (Å²) < 4.78 is 10.5. The van der Waals surface area contributed by atoms with Crippen LogP contribution in [0, 0.1) is 11.8 Å². The molecule has 0 fully saturated rings. The molecule has 1 rings (SSSR count). The lowest BCUT2D eigenvalue weighted by Crippen LogP contribution is -2.39. The Labute approximate surface area is 146 Å². The third-order valence-electron chi connectivity index (χ3n) is 3.56. The highest BCUT2D eigenvalue weighted by molar-refractivity contribution is 5.79. The van der Waals surface area contributed by atoms with Crippen LogP contribution in [0.1, 0.15) is 41.5 Å². The van der Waals surface area contributed by atoms with Gasteiger partial charge in [-0.2, -0.15) is 0 Å². The lowest BCUT2D eigenvalue weighted by molar-refractivity contribution is -0.156. The van der Waals surface area contributed by atoms with Crippen LogP contribution in [0.2, 0.25) is 0 Å². The third kappa shape index (κ3) is 5.62. The largest absolute Gasteiger partial charge is 0.476 e. The lowest BCUT2D eigenvalue weighted by atomic mass is 10.1. The molecule has 0 unspecified atom stereocenters. The Morgan fingerprint density at radius 1 is 1.17 bits per heavy atom. The van der Waals surface area contributed by atoms with E-state index in [1.165, 1.54) is 7.11 Å². The number of methoxy groups -OCH3 is 1. The van der Waals surface area contributed by atoms with Gasteiger partial charge < -0.3 is 20.1 Å². The predicted octanol–water partition coefficient (Wildman–Crippen LogP) is 3.72. The summed E-state index contributed by atoms with van der Waals surface area (Å²) in [6, 6.07) is 5.58. The summed E-state index contributed by atoms with van der Waals surface area (Å²) in [4.78, 5) is 14.1. The van der Waals surface area contributed by atoms with Crippen molar-refractivity contribution >= 4 is 17.3 Å². The average molecular weight is 336 g/mol. The number of carbonyl (C=O) groups excluding carboxylic acids is 1. The van der Waals surface area contributed by atoms with Crippen molar-refractivity contribution in [1.29, 1.82) is 0 Å². The van der Waals surface area contributed by atoms with Crippen molar-refractivity contribution in [2.45, 2.75) is 47.1 Å². The lowest BCUT2D eigenvalue weighted by Gasteiger charge is -2.30. The molecule has 0 aromatic heterocycles. The maximum Gasteiger partial charge on any atom is 0.349 e. The number of rotatable bonds is 8. The highest BCUT2D eigenvalue weighted by Crippen LogP contribution is 2.31. The quantitative estimate of drug-likeness (QED) is 0.579. The van der Waals surface area contributed by atoms with Gasteiger partial charge in [0.2, 0.25) is 0 Å². The molecule has 0 atom stereocenters. The number of benzene rings is 1. The molecule has 5 nitrogen and oxygen atoms in total. The zero-order valence-electron chi connectivity index (χ0n) is 16.1. The van der Waals surface area contributed by atoms with Crippen LogP contribution in [-0.2, 0) is 9.53 Å². The summed E-state index contributed by atoms with van der Waals surface area (Å²) in [6.45, 7) is 14.0. The third-order valence-corrected chi connectivity index (χ3v) is 3.56. The number of carbonyl (C=O) groups is 1. The zero-order chi connectivity index (χ0) is 18.5. The highest BCUT2D eigenvalue weighted by atomic mass is 16.6. The van der Waals surface area contributed by atoms with Crippen molar-refractivity contribution in [3.63, 3.8) is 0 Å². The molecule has 136 valence electrons. The number of nitrogens with two attached hydrogens (primary N) is 1. The predicted molar refractivity (Wildman–Crippen MR) is 99.5 cm³/mol. The van der Waals surface area contributed by atoms with Gasteiger partial charge in [0.15, 0.2) is 5.60 Å². The molecule has 24 heavy (non-hydrogen) atoms. The van der Waals surface area contributed by atoms with Crippen LogP contribution < -0.4 is 15.4 Å². The maximum absolute atomic E-state index is 11.8. The van der Waals surface area contributed by atoms with E-state index >= 15 is 0 Å². The van der Waals surface area contributed by atoms with E-state index in [1.54, 1.807) is 19.9 Å². The molecule has 0 amide bonds. The molecule has 0 aliphatic heterocycles. The number of ether oxygens (including phenoxy) is 2. The van der Waals surface area contributed by atoms with Crippen LogP contribution >= 0.6 is 0 Å². The second-order valence-corrected chi connectivity index (χ2v) is 7.52. The van der Waals surface area contributed by atoms with Crippen molar-refractivity contribution in [3.05, 3.63) is 18.2 Å². The summed E-state index contributed by atoms with van der Waals surface area (Å²) in [5, 5.41) is 0. The van der Waals surface area contributed by atoms with E-state index in [0.717, 1.165) is 18.8 Å². The molecule has 0 bridgehead atoms. The summed E-state index contributed by atoms with van der Waals surface area (Å²) in [5.74, 6) is 1.21. The molecule has 2 N–H and O–H groups in total. The van der Waals surface area contributed by atoms with Crippen LogP contribution in [0.15, 0.2) is 18.2 Å². The first-order valence-electron chi connectivity index (χ1n) is 8.48. The second kappa shape index (κ2) is 8.27. The van der Waals surface area contributed by atoms with Gasteiger partial charge in [0, 0.05) is 19.2 Å². The van der Waals surface area contributed by atoms with Gasteiger partial charge in [-0.25, -0.2) is 4.79 Å². The van der Waals surface area contributed by atoms with E-state index in [9.17, 15) is 4.79 Å². The van der Waals surface area contributed by atoms with E-state index in [0.29, 0.717) is 23.3 Å². The van der Waals surface area contributed by atoms with Gasteiger partial charge in [-0.3, -0.25) is 0 Å². The summed E-state index contributed by atoms with van der Waals surface area (Å²) >= 11 is 0. The molecule has 0 heterocycles. The standard InChI is InChI=1S/C19H32N2O3/c1-13(2)11-21(12-14(3)4)17-9-8-15(10-16(17)20)24-19(5,6)18(22)23-7/h8-10,13-14H,11-12,20H2,1-7H3. The summed E-state index contributed by atoms with van der Waals surface area (Å²) in [7, 11) is 1.35. The number of nitrogens with zero attached hydrogens (tertiary/aromatic N) is 1. The number of hydrogen-bond acceptors (Lipinski definition) is 5. The molecule has 0 aliphatic carbocycles. The molecule has 0 aliphatic rings. The van der Waals surface area contributed by atoms with Crippen LogP contribution in [0.25, 0.3) is 0 Å². The van der Waals surface area contributed by atoms with E-state index < -0.39 is 11.6 Å². The molecule has 0 radical (unpaired) electrons. The van der Waals surface area contributed by atoms with Gasteiger partial charge in [-0.15, -0.1) is 0 Å². The van der Waals surface area contributed by atoms with Gasteiger partial charge >= 0.3 is 5.97 Å². The fourth-order valence-electron chi connectivity index (χ4n) is 2.62. The van der Waals surface area contributed by atoms with Crippen molar-refractivity contribution < 1.29 is 14.3 Å². The average Bonchev–Trinajstić information content (AvgIpc) is 2.44. The molecule has 1 aromatic rings. The Balaban J connectivity index is 3.02. The van der Waals surface area contributed by atoms with Gasteiger partial charge in [0.05, 0.1) is 18.5 Å². The Hall–Kier alpha value is -1.91. The number of nitrogen functional groups attached to an aromatic ring is 1. The smallest absolute Gasteiger partial charge is 0.349 e. The Kier molecular flexibility index (Phi) is 6.93. The molecular weight excluding hydrogens is 304 g/mol. The number of esters is 1. The topological polar surface area (TPSA) is 64.8 Å². The molecular formula is C19H32N2O3. The van der Waals surface area contributed by atoms with E-state index in [1.807, 2.05) is 12.1 Å². The van der Waals surface area contributed by atoms with Gasteiger partial charge in [0.25, 0.3) is 0 Å². The minimum atomic E-state index is -1.06. The van der Waals surface area contributed by atoms with Crippen LogP contribution in [-0.4, -0.2) is 31.8 Å². The Bertz CT molecular complexity index is 544. The monoisotopic (exact) mass is 336 g/mol. The normalized spacial score (nSPS) is 11.7. The van der Waals surface area contributed by atoms with Crippen molar-refractivity contribution in [1.82, 2.24) is 0 Å². The first-order valence-corrected chi connectivity index (χ1v) is 8.48. The first-order chi connectivity index (χ1) is 11.1. The Morgan fingerprint density at radius 2 is 1.71 bits per heavy atom. The molecule has 0 saturated heterocycles. The Morgan fingerprint density at radius 3 is 2.12 bits per heavy atom. The second-order valence-electron chi connectivity index (χ2n) is 7.52. The molecule has 1 aromatic carbocycles. The van der Waals surface area contributed by atoms with E-state index in [2.05, 4.69) is 32.6 Å². The minimum Gasteiger partial charge on any atom is -0.476 e. The number of anilines is 2. The van der Waals surface area contributed by atoms with E-state index in [4.69, 9.17) is 15.2 Å². The SMILES string of the molecule is COC(=O)C(C)(C)Oc1ccc(N(CC(C)C)CC(C)C)c(N)c1. The number of hydrogen-bond donors (Lipinski definition) is 1. The first kappa shape index (κ1) is 20.1. The van der Waals surface area contributed by atoms with Crippen molar-refractivity contribution in [2.24, 2.45) is 11.8 Å².